The molecule has 0 aliphatic carbocycles. The zero-order chi connectivity index (χ0) is 22.8. The summed E-state index contributed by atoms with van der Waals surface area (Å²) < 4.78 is 5.32. The molecule has 172 valence electrons. The van der Waals surface area contributed by atoms with E-state index >= 15 is 0 Å². The van der Waals surface area contributed by atoms with E-state index < -0.39 is 0 Å². The number of benzene rings is 1. The fourth-order valence-electron chi connectivity index (χ4n) is 5.04. The van der Waals surface area contributed by atoms with Crippen LogP contribution in [-0.2, 0) is 11.3 Å². The molecule has 2 aliphatic rings. The monoisotopic (exact) mass is 465 g/mol. The Morgan fingerprint density at radius 2 is 1.97 bits per heavy atom. The number of nitrogens with one attached hydrogen (secondary N) is 1. The lowest BCUT2D eigenvalue weighted by Gasteiger charge is -2.41. The first kappa shape index (κ1) is 21.9. The van der Waals surface area contributed by atoms with Crippen LogP contribution in [0.1, 0.15) is 24.8 Å². The lowest BCUT2D eigenvalue weighted by Crippen LogP contribution is -2.56. The predicted molar refractivity (Wildman–Crippen MR) is 130 cm³/mol. The highest BCUT2D eigenvalue weighted by Crippen LogP contribution is 2.34. The Hall–Kier alpha value is -2.90. The summed E-state index contributed by atoms with van der Waals surface area (Å²) >= 11 is 6.00. The fourth-order valence-corrected chi connectivity index (χ4v) is 5.15. The number of hydrogen-bond acceptors (Lipinski definition) is 6. The molecule has 1 aromatic carbocycles. The van der Waals surface area contributed by atoms with Crippen LogP contribution in [0.5, 0.6) is 5.75 Å². The van der Waals surface area contributed by atoms with Crippen molar-refractivity contribution >= 4 is 34.2 Å². The minimum absolute atomic E-state index is 0.212. The van der Waals surface area contributed by atoms with Crippen LogP contribution in [-0.4, -0.2) is 59.6 Å². The second-order valence-electron chi connectivity index (χ2n) is 8.71. The normalized spacial score (nSPS) is 19.8. The number of fused-ring (bicyclic) bond motifs is 3. The van der Waals surface area contributed by atoms with Gasteiger partial charge in [-0.25, -0.2) is 4.98 Å². The molecule has 33 heavy (non-hydrogen) atoms. The van der Waals surface area contributed by atoms with Gasteiger partial charge in [0.05, 0.1) is 23.8 Å². The molecule has 3 aromatic rings. The van der Waals surface area contributed by atoms with Gasteiger partial charge in [0.15, 0.2) is 0 Å². The maximum Gasteiger partial charge on any atom is 0.223 e. The van der Waals surface area contributed by atoms with E-state index in [4.69, 9.17) is 16.3 Å². The van der Waals surface area contributed by atoms with E-state index in [0.717, 1.165) is 54.0 Å². The Morgan fingerprint density at radius 3 is 2.70 bits per heavy atom. The van der Waals surface area contributed by atoms with E-state index in [9.17, 15) is 4.79 Å². The smallest absolute Gasteiger partial charge is 0.223 e. The van der Waals surface area contributed by atoms with Crippen molar-refractivity contribution in [2.24, 2.45) is 0 Å². The highest BCUT2D eigenvalue weighted by Gasteiger charge is 2.41. The van der Waals surface area contributed by atoms with Crippen LogP contribution in [0, 0.1) is 0 Å². The molecular weight excluding hydrogens is 438 g/mol. The molecule has 2 aromatic heterocycles. The molecule has 2 unspecified atom stereocenters. The highest BCUT2D eigenvalue weighted by atomic mass is 35.5. The number of carbonyl (C=O) groups excluding carboxylic acids is 1. The minimum atomic E-state index is 0.212. The van der Waals surface area contributed by atoms with Crippen LogP contribution < -0.4 is 15.0 Å². The summed E-state index contributed by atoms with van der Waals surface area (Å²) in [6.45, 7) is 2.84. The zero-order valence-electron chi connectivity index (χ0n) is 18.7. The van der Waals surface area contributed by atoms with Gasteiger partial charge in [0.2, 0.25) is 5.91 Å². The van der Waals surface area contributed by atoms with E-state index in [1.165, 1.54) is 0 Å². The molecule has 5 rings (SSSR count). The van der Waals surface area contributed by atoms with Crippen molar-refractivity contribution < 1.29 is 9.53 Å². The summed E-state index contributed by atoms with van der Waals surface area (Å²) in [5, 5.41) is 5.14. The summed E-state index contributed by atoms with van der Waals surface area (Å²) in [4.78, 5) is 26.3. The van der Waals surface area contributed by atoms with Gasteiger partial charge in [-0.2, -0.15) is 0 Å². The first-order chi connectivity index (χ1) is 16.1. The second kappa shape index (κ2) is 9.53. The number of rotatable bonds is 7. The number of amides is 1. The average molecular weight is 466 g/mol. The molecule has 2 bridgehead atoms. The summed E-state index contributed by atoms with van der Waals surface area (Å²) in [6, 6.07) is 12.6. The van der Waals surface area contributed by atoms with Gasteiger partial charge >= 0.3 is 0 Å². The lowest BCUT2D eigenvalue weighted by atomic mass is 10.1. The van der Waals surface area contributed by atoms with Crippen molar-refractivity contribution in [3.05, 3.63) is 59.4 Å². The van der Waals surface area contributed by atoms with E-state index in [1.54, 1.807) is 19.5 Å². The summed E-state index contributed by atoms with van der Waals surface area (Å²) in [5.74, 6) is 1.92. The topological polar surface area (TPSA) is 70.6 Å². The molecule has 0 spiro atoms. The van der Waals surface area contributed by atoms with Crippen LogP contribution in [0.25, 0.3) is 10.9 Å². The van der Waals surface area contributed by atoms with Crippen molar-refractivity contribution in [3.63, 3.8) is 0 Å². The number of anilines is 1. The molecule has 7 nitrogen and oxygen atoms in total. The lowest BCUT2D eigenvalue weighted by molar-refractivity contribution is -0.132. The van der Waals surface area contributed by atoms with Crippen molar-refractivity contribution in [1.82, 2.24) is 20.2 Å². The molecule has 0 saturated carbocycles. The van der Waals surface area contributed by atoms with Gasteiger partial charge < -0.3 is 19.9 Å². The number of hydrogen-bond donors (Lipinski definition) is 1. The third-order valence-electron chi connectivity index (χ3n) is 6.67. The Balaban J connectivity index is 1.15. The largest absolute Gasteiger partial charge is 0.495 e. The Morgan fingerprint density at radius 1 is 1.15 bits per heavy atom. The average Bonchev–Trinajstić information content (AvgIpc) is 3.10. The highest BCUT2D eigenvalue weighted by molar-refractivity contribution is 6.30. The molecule has 1 N–H and O–H groups in total. The number of carbonyl (C=O) groups is 1. The van der Waals surface area contributed by atoms with Crippen molar-refractivity contribution in [3.8, 4) is 5.75 Å². The Labute approximate surface area is 198 Å². The van der Waals surface area contributed by atoms with Gasteiger partial charge in [0.1, 0.15) is 11.6 Å². The van der Waals surface area contributed by atoms with Crippen LogP contribution >= 0.6 is 11.6 Å². The third kappa shape index (κ3) is 4.61. The molecule has 1 amide bonds. The Kier molecular flexibility index (Phi) is 6.33. The molecule has 4 heterocycles. The molecule has 2 fully saturated rings. The van der Waals surface area contributed by atoms with Gasteiger partial charge in [-0.3, -0.25) is 9.78 Å². The molecule has 8 heteroatoms. The first-order valence-corrected chi connectivity index (χ1v) is 11.8. The minimum Gasteiger partial charge on any atom is -0.495 e. The van der Waals surface area contributed by atoms with Crippen molar-refractivity contribution in [1.29, 1.82) is 0 Å². The number of nitrogens with zero attached hydrogens (tertiary/aromatic N) is 4. The van der Waals surface area contributed by atoms with Crippen LogP contribution in [0.4, 0.5) is 5.82 Å². The number of halogens is 1. The van der Waals surface area contributed by atoms with E-state index in [1.807, 2.05) is 35.2 Å². The predicted octanol–water partition coefficient (Wildman–Crippen LogP) is 3.65. The molecule has 2 aliphatic heterocycles. The first-order valence-electron chi connectivity index (χ1n) is 11.4. The van der Waals surface area contributed by atoms with Crippen LogP contribution in [0.3, 0.4) is 0 Å². The molecule has 0 radical (unpaired) electrons. The second-order valence-corrected chi connectivity index (χ2v) is 9.15. The van der Waals surface area contributed by atoms with Gasteiger partial charge in [0, 0.05) is 56.3 Å². The van der Waals surface area contributed by atoms with Crippen LogP contribution in [0.15, 0.2) is 48.8 Å². The van der Waals surface area contributed by atoms with Gasteiger partial charge in [-0.05, 0) is 42.7 Å². The quantitative estimate of drug-likeness (QED) is 0.537. The van der Waals surface area contributed by atoms with E-state index in [-0.39, 0.29) is 5.91 Å². The number of aromatic nitrogens is 2. The standard InChI is InChI=1S/C25H28ClN5O2/c1-33-21-11-22-17(3-2-4-23(22)28-14-21)12-27-10-9-25(32)30-15-19-6-7-20(16-30)31(19)24-8-5-18(26)13-29-24/h2-5,8,11,13-14,19-20,27H,6-7,9-10,12,15-16H2,1H3. The fraction of sp³-hybridized carbons (Fsp3) is 0.400. The van der Waals surface area contributed by atoms with E-state index in [0.29, 0.717) is 36.6 Å². The number of pyridine rings is 2. The Bertz CT molecular complexity index is 1130. The zero-order valence-corrected chi connectivity index (χ0v) is 19.5. The number of ether oxygens (including phenoxy) is 1. The summed E-state index contributed by atoms with van der Waals surface area (Å²) in [7, 11) is 1.65. The SMILES string of the molecule is COc1cnc2cccc(CNCCC(=O)N3CC4CCC(C3)N4c3ccc(Cl)cn3)c2c1. The summed E-state index contributed by atoms with van der Waals surface area (Å²) in [5.41, 5.74) is 2.09. The van der Waals surface area contributed by atoms with Crippen molar-refractivity contribution in [2.45, 2.75) is 37.9 Å². The maximum atomic E-state index is 12.9. The molecule has 2 saturated heterocycles. The number of piperazine rings is 1. The van der Waals surface area contributed by atoms with Gasteiger partial charge in [0.25, 0.3) is 0 Å². The van der Waals surface area contributed by atoms with E-state index in [2.05, 4.69) is 26.3 Å². The maximum absolute atomic E-state index is 12.9. The van der Waals surface area contributed by atoms with Gasteiger partial charge in [-0.15, -0.1) is 0 Å². The number of methoxy groups -OCH3 is 1. The van der Waals surface area contributed by atoms with Crippen LogP contribution in [0.2, 0.25) is 5.02 Å². The molecular formula is C25H28ClN5O2. The van der Waals surface area contributed by atoms with Gasteiger partial charge in [-0.1, -0.05) is 23.7 Å². The summed E-state index contributed by atoms with van der Waals surface area (Å²) in [6.07, 6.45) is 6.10. The molecule has 2 atom stereocenters. The third-order valence-corrected chi connectivity index (χ3v) is 6.89. The number of likely N-dealkylation sites (tertiary alicyclic amines) is 1. The van der Waals surface area contributed by atoms with Crippen molar-refractivity contribution in [2.75, 3.05) is 31.6 Å².